The molecule has 1 unspecified atom stereocenters. The molecule has 0 spiro atoms. The van der Waals surface area contributed by atoms with Gasteiger partial charge in [0.25, 0.3) is 0 Å². The summed E-state index contributed by atoms with van der Waals surface area (Å²) in [5, 5.41) is 13.2. The van der Waals surface area contributed by atoms with Gasteiger partial charge in [-0.3, -0.25) is 0 Å². The van der Waals surface area contributed by atoms with Crippen molar-refractivity contribution < 1.29 is 9.84 Å². The van der Waals surface area contributed by atoms with Gasteiger partial charge in [-0.2, -0.15) is 0 Å². The Morgan fingerprint density at radius 1 is 1.14 bits per heavy atom. The van der Waals surface area contributed by atoms with Crippen molar-refractivity contribution in [2.24, 2.45) is 0 Å². The number of hydrogen-bond donors (Lipinski definition) is 2. The molecular formula is C16H17Br2NO2. The molecule has 0 bridgehead atoms. The minimum atomic E-state index is -0.582. The monoisotopic (exact) mass is 413 g/mol. The van der Waals surface area contributed by atoms with E-state index in [1.165, 1.54) is 0 Å². The van der Waals surface area contributed by atoms with Gasteiger partial charge < -0.3 is 15.2 Å². The lowest BCUT2D eigenvalue weighted by Crippen LogP contribution is -2.26. The van der Waals surface area contributed by atoms with Crippen LogP contribution in [0.4, 0.5) is 5.69 Å². The Morgan fingerprint density at radius 2 is 1.86 bits per heavy atom. The molecule has 2 N–H and O–H groups in total. The quantitative estimate of drug-likeness (QED) is 0.737. The van der Waals surface area contributed by atoms with E-state index in [-0.39, 0.29) is 6.61 Å². The van der Waals surface area contributed by atoms with Gasteiger partial charge in [0.2, 0.25) is 0 Å². The van der Waals surface area contributed by atoms with Crippen LogP contribution in [-0.2, 0) is 0 Å². The normalized spacial score (nSPS) is 12.0. The van der Waals surface area contributed by atoms with E-state index in [4.69, 9.17) is 4.74 Å². The molecule has 2 rings (SSSR count). The Bertz CT molecular complexity index is 587. The zero-order valence-corrected chi connectivity index (χ0v) is 14.8. The molecular weight excluding hydrogens is 398 g/mol. The Balaban J connectivity index is 1.80. The third-order valence-electron chi connectivity index (χ3n) is 2.98. The summed E-state index contributed by atoms with van der Waals surface area (Å²) in [6.07, 6.45) is -0.582. The van der Waals surface area contributed by atoms with E-state index in [2.05, 4.69) is 37.2 Å². The molecule has 112 valence electrons. The van der Waals surface area contributed by atoms with Crippen molar-refractivity contribution in [1.82, 2.24) is 0 Å². The highest BCUT2D eigenvalue weighted by atomic mass is 79.9. The molecule has 0 saturated carbocycles. The summed E-state index contributed by atoms with van der Waals surface area (Å²) < 4.78 is 7.56. The van der Waals surface area contributed by atoms with Gasteiger partial charge in [-0.15, -0.1) is 0 Å². The molecule has 0 saturated heterocycles. The third kappa shape index (κ3) is 5.02. The molecule has 2 aromatic rings. The lowest BCUT2D eigenvalue weighted by Gasteiger charge is -2.15. The van der Waals surface area contributed by atoms with Gasteiger partial charge >= 0.3 is 0 Å². The summed E-state index contributed by atoms with van der Waals surface area (Å²) >= 11 is 6.90. The van der Waals surface area contributed by atoms with Crippen molar-refractivity contribution in [3.63, 3.8) is 0 Å². The van der Waals surface area contributed by atoms with Crippen LogP contribution in [0.1, 0.15) is 5.56 Å². The number of benzene rings is 2. The third-order valence-corrected chi connectivity index (χ3v) is 4.56. The predicted molar refractivity (Wildman–Crippen MR) is 93.0 cm³/mol. The number of rotatable bonds is 6. The van der Waals surface area contributed by atoms with E-state index in [9.17, 15) is 5.11 Å². The van der Waals surface area contributed by atoms with Crippen LogP contribution in [0, 0.1) is 6.92 Å². The number of nitrogens with one attached hydrogen (secondary N) is 1. The summed E-state index contributed by atoms with van der Waals surface area (Å²) in [5.41, 5.74) is 2.12. The first-order valence-corrected chi connectivity index (χ1v) is 8.20. The van der Waals surface area contributed by atoms with Crippen molar-refractivity contribution in [2.75, 3.05) is 18.5 Å². The average Bonchev–Trinajstić information content (AvgIpc) is 2.48. The largest absolute Gasteiger partial charge is 0.491 e. The highest BCUT2D eigenvalue weighted by Crippen LogP contribution is 2.25. The maximum atomic E-state index is 9.97. The lowest BCUT2D eigenvalue weighted by atomic mass is 10.2. The van der Waals surface area contributed by atoms with Crippen LogP contribution in [0.3, 0.4) is 0 Å². The molecule has 0 aliphatic heterocycles. The minimum Gasteiger partial charge on any atom is -0.491 e. The molecule has 1 atom stereocenters. The van der Waals surface area contributed by atoms with E-state index >= 15 is 0 Å². The smallest absolute Gasteiger partial charge is 0.119 e. The summed E-state index contributed by atoms with van der Waals surface area (Å²) in [5.74, 6) is 0.744. The molecule has 0 heterocycles. The van der Waals surface area contributed by atoms with Crippen LogP contribution in [0.25, 0.3) is 0 Å². The van der Waals surface area contributed by atoms with Gasteiger partial charge in [0, 0.05) is 21.2 Å². The van der Waals surface area contributed by atoms with Crippen molar-refractivity contribution in [2.45, 2.75) is 13.0 Å². The van der Waals surface area contributed by atoms with E-state index in [0.29, 0.717) is 6.54 Å². The molecule has 5 heteroatoms. The number of halogens is 2. The van der Waals surface area contributed by atoms with Gasteiger partial charge in [0.15, 0.2) is 0 Å². The molecule has 2 aromatic carbocycles. The molecule has 0 aromatic heterocycles. The number of anilines is 1. The summed E-state index contributed by atoms with van der Waals surface area (Å²) in [6.45, 7) is 2.71. The van der Waals surface area contributed by atoms with Gasteiger partial charge in [0.1, 0.15) is 18.5 Å². The van der Waals surface area contributed by atoms with Gasteiger partial charge in [-0.05, 0) is 58.7 Å². The molecule has 0 fully saturated rings. The van der Waals surface area contributed by atoms with Crippen molar-refractivity contribution in [3.8, 4) is 5.75 Å². The standard InChI is InChI=1S/C16H17Br2NO2/c1-11-3-2-4-15(16(11)18)19-9-13(20)10-21-14-7-5-12(17)6-8-14/h2-8,13,19-20H,9-10H2,1H3. The van der Waals surface area contributed by atoms with Gasteiger partial charge in [0.05, 0.1) is 0 Å². The number of hydrogen-bond acceptors (Lipinski definition) is 3. The fourth-order valence-electron chi connectivity index (χ4n) is 1.79. The first kappa shape index (κ1) is 16.3. The highest BCUT2D eigenvalue weighted by molar-refractivity contribution is 9.11. The zero-order valence-electron chi connectivity index (χ0n) is 11.6. The van der Waals surface area contributed by atoms with Crippen LogP contribution >= 0.6 is 31.9 Å². The van der Waals surface area contributed by atoms with Gasteiger partial charge in [-0.1, -0.05) is 28.1 Å². The fraction of sp³-hybridized carbons (Fsp3) is 0.250. The Morgan fingerprint density at radius 3 is 2.57 bits per heavy atom. The van der Waals surface area contributed by atoms with Crippen molar-refractivity contribution in [3.05, 3.63) is 57.0 Å². The van der Waals surface area contributed by atoms with E-state index in [1.54, 1.807) is 0 Å². The predicted octanol–water partition coefficient (Wildman–Crippen LogP) is 4.37. The van der Waals surface area contributed by atoms with Crippen LogP contribution in [0.15, 0.2) is 51.4 Å². The number of ether oxygens (including phenoxy) is 1. The second kappa shape index (κ2) is 7.82. The second-order valence-electron chi connectivity index (χ2n) is 4.74. The maximum absolute atomic E-state index is 9.97. The van der Waals surface area contributed by atoms with E-state index < -0.39 is 6.10 Å². The van der Waals surface area contributed by atoms with E-state index in [1.807, 2.05) is 49.4 Å². The number of aliphatic hydroxyl groups is 1. The Kier molecular flexibility index (Phi) is 6.08. The second-order valence-corrected chi connectivity index (χ2v) is 6.44. The molecule has 0 amide bonds. The number of aliphatic hydroxyl groups excluding tert-OH is 1. The Labute approximate surface area is 141 Å². The fourth-order valence-corrected chi connectivity index (χ4v) is 2.46. The summed E-state index contributed by atoms with van der Waals surface area (Å²) in [4.78, 5) is 0. The SMILES string of the molecule is Cc1cccc(NCC(O)COc2ccc(Br)cc2)c1Br. The van der Waals surface area contributed by atoms with Crippen molar-refractivity contribution in [1.29, 1.82) is 0 Å². The average molecular weight is 415 g/mol. The van der Waals surface area contributed by atoms with Crippen LogP contribution in [-0.4, -0.2) is 24.4 Å². The summed E-state index contributed by atoms with van der Waals surface area (Å²) in [6, 6.07) is 13.5. The molecule has 0 aliphatic carbocycles. The zero-order chi connectivity index (χ0) is 15.2. The first-order valence-electron chi connectivity index (χ1n) is 6.61. The molecule has 0 aliphatic rings. The molecule has 21 heavy (non-hydrogen) atoms. The lowest BCUT2D eigenvalue weighted by molar-refractivity contribution is 0.117. The van der Waals surface area contributed by atoms with Crippen LogP contribution in [0.5, 0.6) is 5.75 Å². The van der Waals surface area contributed by atoms with Crippen LogP contribution < -0.4 is 10.1 Å². The maximum Gasteiger partial charge on any atom is 0.119 e. The topological polar surface area (TPSA) is 41.5 Å². The number of aryl methyl sites for hydroxylation is 1. The van der Waals surface area contributed by atoms with Crippen molar-refractivity contribution >= 4 is 37.5 Å². The van der Waals surface area contributed by atoms with Crippen LogP contribution in [0.2, 0.25) is 0 Å². The first-order chi connectivity index (χ1) is 10.1. The minimum absolute atomic E-state index is 0.248. The summed E-state index contributed by atoms with van der Waals surface area (Å²) in [7, 11) is 0. The molecule has 3 nitrogen and oxygen atoms in total. The molecule has 0 radical (unpaired) electrons. The Hall–Kier alpha value is -1.04. The van der Waals surface area contributed by atoms with E-state index in [0.717, 1.165) is 25.9 Å². The highest BCUT2D eigenvalue weighted by Gasteiger charge is 2.07. The van der Waals surface area contributed by atoms with Gasteiger partial charge in [-0.25, -0.2) is 0 Å².